The van der Waals surface area contributed by atoms with Crippen LogP contribution in [0.3, 0.4) is 0 Å². The van der Waals surface area contributed by atoms with E-state index in [1.54, 1.807) is 23.8 Å². The molecule has 6 heteroatoms. The molecule has 0 unspecified atom stereocenters. The van der Waals surface area contributed by atoms with E-state index < -0.39 is 0 Å². The minimum absolute atomic E-state index is 0.0847. The second-order valence-corrected chi connectivity index (χ2v) is 5.37. The van der Waals surface area contributed by atoms with Crippen LogP contribution in [0.5, 0.6) is 5.75 Å². The maximum Gasteiger partial charge on any atom is 0.155 e. The number of ether oxygens (including phenoxy) is 1. The van der Waals surface area contributed by atoms with Gasteiger partial charge in [-0.05, 0) is 36.8 Å². The summed E-state index contributed by atoms with van der Waals surface area (Å²) in [6.45, 7) is 1.85. The molecule has 0 radical (unpaired) electrons. The Labute approximate surface area is 131 Å². The van der Waals surface area contributed by atoms with Crippen molar-refractivity contribution in [3.63, 3.8) is 0 Å². The highest BCUT2D eigenvalue weighted by atomic mass is 16.5. The SMILES string of the molecule is COc1cc(CO)c2cc(-c3cn4nc(C)ccc4n3)oc2c1. The Bertz CT molecular complexity index is 1020. The van der Waals surface area contributed by atoms with Crippen LogP contribution in [0.1, 0.15) is 11.3 Å². The molecule has 0 aliphatic heterocycles. The normalized spacial score (nSPS) is 11.4. The third-order valence-corrected chi connectivity index (χ3v) is 3.81. The highest BCUT2D eigenvalue weighted by molar-refractivity contribution is 5.86. The molecule has 4 rings (SSSR count). The number of imidazole rings is 1. The highest BCUT2D eigenvalue weighted by Gasteiger charge is 2.14. The van der Waals surface area contributed by atoms with Crippen LogP contribution in [0.2, 0.25) is 0 Å². The van der Waals surface area contributed by atoms with Gasteiger partial charge in [-0.1, -0.05) is 0 Å². The molecule has 1 aromatic carbocycles. The fraction of sp³-hybridized carbons (Fsp3) is 0.176. The summed E-state index contributed by atoms with van der Waals surface area (Å²) in [6, 6.07) is 9.32. The van der Waals surface area contributed by atoms with Crippen LogP contribution in [0.15, 0.2) is 40.9 Å². The number of hydrogen-bond donors (Lipinski definition) is 1. The Hall–Kier alpha value is -2.86. The van der Waals surface area contributed by atoms with Gasteiger partial charge < -0.3 is 14.3 Å². The van der Waals surface area contributed by atoms with Crippen molar-refractivity contribution < 1.29 is 14.3 Å². The van der Waals surface area contributed by atoms with Crippen molar-refractivity contribution in [2.75, 3.05) is 7.11 Å². The van der Waals surface area contributed by atoms with Crippen molar-refractivity contribution in [3.05, 3.63) is 47.8 Å². The fourth-order valence-electron chi connectivity index (χ4n) is 2.65. The molecular formula is C17H15N3O3. The second-order valence-electron chi connectivity index (χ2n) is 5.37. The largest absolute Gasteiger partial charge is 0.497 e. The summed E-state index contributed by atoms with van der Waals surface area (Å²) in [4.78, 5) is 4.53. The first-order valence-electron chi connectivity index (χ1n) is 7.22. The van der Waals surface area contributed by atoms with Crippen molar-refractivity contribution in [2.45, 2.75) is 13.5 Å². The van der Waals surface area contributed by atoms with Gasteiger partial charge >= 0.3 is 0 Å². The van der Waals surface area contributed by atoms with Crippen molar-refractivity contribution in [3.8, 4) is 17.2 Å². The number of benzene rings is 1. The van der Waals surface area contributed by atoms with E-state index in [0.717, 1.165) is 22.3 Å². The lowest BCUT2D eigenvalue weighted by Gasteiger charge is -2.02. The predicted octanol–water partition coefficient (Wildman–Crippen LogP) is 2.95. The summed E-state index contributed by atoms with van der Waals surface area (Å²) in [5, 5.41) is 14.8. The monoisotopic (exact) mass is 309 g/mol. The van der Waals surface area contributed by atoms with Crippen LogP contribution in [0, 0.1) is 6.92 Å². The molecule has 116 valence electrons. The van der Waals surface area contributed by atoms with E-state index in [-0.39, 0.29) is 6.61 Å². The molecule has 0 spiro atoms. The summed E-state index contributed by atoms with van der Waals surface area (Å²) in [5.41, 5.74) is 3.78. The van der Waals surface area contributed by atoms with Gasteiger partial charge in [-0.25, -0.2) is 9.50 Å². The number of fused-ring (bicyclic) bond motifs is 2. The Morgan fingerprint density at radius 2 is 2.13 bits per heavy atom. The number of rotatable bonds is 3. The molecule has 4 aromatic rings. The molecule has 0 saturated heterocycles. The lowest BCUT2D eigenvalue weighted by Crippen LogP contribution is -1.91. The van der Waals surface area contributed by atoms with Crippen LogP contribution in [0.25, 0.3) is 28.1 Å². The van der Waals surface area contributed by atoms with E-state index in [9.17, 15) is 5.11 Å². The lowest BCUT2D eigenvalue weighted by molar-refractivity contribution is 0.282. The summed E-state index contributed by atoms with van der Waals surface area (Å²) in [6.07, 6.45) is 1.83. The lowest BCUT2D eigenvalue weighted by atomic mass is 10.1. The Morgan fingerprint density at radius 3 is 2.91 bits per heavy atom. The quantitative estimate of drug-likeness (QED) is 0.630. The van der Waals surface area contributed by atoms with Crippen LogP contribution in [-0.4, -0.2) is 26.8 Å². The number of aliphatic hydroxyl groups is 1. The van der Waals surface area contributed by atoms with Gasteiger partial charge in [-0.15, -0.1) is 0 Å². The van der Waals surface area contributed by atoms with Crippen molar-refractivity contribution in [1.82, 2.24) is 14.6 Å². The minimum atomic E-state index is -0.0847. The molecule has 1 N–H and O–H groups in total. The van der Waals surface area contributed by atoms with Gasteiger partial charge in [0.15, 0.2) is 11.4 Å². The molecular weight excluding hydrogens is 294 g/mol. The number of aliphatic hydroxyl groups excluding tert-OH is 1. The molecule has 0 atom stereocenters. The maximum atomic E-state index is 9.55. The molecule has 0 aliphatic rings. The molecule has 3 heterocycles. The Balaban J connectivity index is 1.90. The van der Waals surface area contributed by atoms with Crippen molar-refractivity contribution in [2.24, 2.45) is 0 Å². The van der Waals surface area contributed by atoms with E-state index >= 15 is 0 Å². The maximum absolute atomic E-state index is 9.55. The van der Waals surface area contributed by atoms with Gasteiger partial charge in [0.2, 0.25) is 0 Å². The predicted molar refractivity (Wildman–Crippen MR) is 85.4 cm³/mol. The Kier molecular flexibility index (Phi) is 3.06. The summed E-state index contributed by atoms with van der Waals surface area (Å²) in [5.74, 6) is 1.28. The molecule has 0 aliphatic carbocycles. The average molecular weight is 309 g/mol. The summed E-state index contributed by atoms with van der Waals surface area (Å²) >= 11 is 0. The zero-order valence-electron chi connectivity index (χ0n) is 12.8. The van der Waals surface area contributed by atoms with Gasteiger partial charge in [0.25, 0.3) is 0 Å². The summed E-state index contributed by atoms with van der Waals surface area (Å²) < 4.78 is 12.9. The molecule has 0 saturated carbocycles. The second kappa shape index (κ2) is 5.10. The zero-order valence-corrected chi connectivity index (χ0v) is 12.8. The van der Waals surface area contributed by atoms with Crippen LogP contribution < -0.4 is 4.74 Å². The number of nitrogens with zero attached hydrogens (tertiary/aromatic N) is 3. The first-order valence-corrected chi connectivity index (χ1v) is 7.22. The van der Waals surface area contributed by atoms with E-state index in [2.05, 4.69) is 10.1 Å². The topological polar surface area (TPSA) is 72.8 Å². The van der Waals surface area contributed by atoms with Crippen molar-refractivity contribution >= 4 is 16.6 Å². The van der Waals surface area contributed by atoms with Gasteiger partial charge in [0.05, 0.1) is 25.6 Å². The van der Waals surface area contributed by atoms with E-state index in [0.29, 0.717) is 22.8 Å². The van der Waals surface area contributed by atoms with Gasteiger partial charge in [0.1, 0.15) is 17.0 Å². The van der Waals surface area contributed by atoms with Gasteiger partial charge in [0, 0.05) is 11.5 Å². The number of aryl methyl sites for hydroxylation is 1. The Morgan fingerprint density at radius 1 is 1.26 bits per heavy atom. The van der Waals surface area contributed by atoms with Crippen LogP contribution >= 0.6 is 0 Å². The molecule has 0 fully saturated rings. The van der Waals surface area contributed by atoms with E-state index in [1.807, 2.05) is 31.3 Å². The van der Waals surface area contributed by atoms with Gasteiger partial charge in [-0.3, -0.25) is 0 Å². The van der Waals surface area contributed by atoms with E-state index in [1.165, 1.54) is 0 Å². The molecule has 23 heavy (non-hydrogen) atoms. The number of methoxy groups -OCH3 is 1. The average Bonchev–Trinajstić information content (AvgIpc) is 3.16. The zero-order chi connectivity index (χ0) is 16.0. The highest BCUT2D eigenvalue weighted by Crippen LogP contribution is 2.32. The first kappa shape index (κ1) is 13.8. The number of hydrogen-bond acceptors (Lipinski definition) is 5. The fourth-order valence-corrected chi connectivity index (χ4v) is 2.65. The molecule has 6 nitrogen and oxygen atoms in total. The molecule has 3 aromatic heterocycles. The smallest absolute Gasteiger partial charge is 0.155 e. The molecule has 0 bridgehead atoms. The third kappa shape index (κ3) is 2.24. The standard InChI is InChI=1S/C17H15N3O3/c1-10-3-4-17-18-14(8-20(17)19-10)16-7-13-11(9-21)5-12(22-2)6-15(13)23-16/h3-8,21H,9H2,1-2H3. The number of aromatic nitrogens is 3. The van der Waals surface area contributed by atoms with Crippen LogP contribution in [0.4, 0.5) is 0 Å². The first-order chi connectivity index (χ1) is 11.2. The van der Waals surface area contributed by atoms with Crippen molar-refractivity contribution in [1.29, 1.82) is 0 Å². The molecule has 0 amide bonds. The van der Waals surface area contributed by atoms with Crippen LogP contribution in [-0.2, 0) is 6.61 Å². The summed E-state index contributed by atoms with van der Waals surface area (Å²) in [7, 11) is 1.59. The minimum Gasteiger partial charge on any atom is -0.497 e. The van der Waals surface area contributed by atoms with E-state index in [4.69, 9.17) is 9.15 Å². The number of furan rings is 1. The third-order valence-electron chi connectivity index (χ3n) is 3.81. The van der Waals surface area contributed by atoms with Gasteiger partial charge in [-0.2, -0.15) is 5.10 Å².